The highest BCUT2D eigenvalue weighted by Gasteiger charge is 2.64. The number of halogens is 1. The first-order valence-corrected chi connectivity index (χ1v) is 25.9. The van der Waals surface area contributed by atoms with Crippen LogP contribution in [0.15, 0.2) is 48.1 Å². The van der Waals surface area contributed by atoms with E-state index in [1.165, 1.54) is 52.3 Å². The molecule has 0 saturated carbocycles. The van der Waals surface area contributed by atoms with Crippen LogP contribution in [-0.4, -0.2) is 170 Å². The zero-order valence-corrected chi connectivity index (χ0v) is 46.0. The van der Waals surface area contributed by atoms with Crippen molar-refractivity contribution in [1.29, 1.82) is 0 Å². The summed E-state index contributed by atoms with van der Waals surface area (Å²) in [6, 6.07) is -1.86. The molecule has 5 rings (SSSR count). The lowest BCUT2D eigenvalue weighted by Gasteiger charge is -2.42. The second-order valence-corrected chi connectivity index (χ2v) is 20.7. The van der Waals surface area contributed by atoms with Crippen LogP contribution in [0.25, 0.3) is 0 Å². The highest BCUT2D eigenvalue weighted by Crippen LogP contribution is 2.49. The number of urea groups is 2. The number of nitrogens with zero attached hydrogens (tertiary/aromatic N) is 3. The summed E-state index contributed by atoms with van der Waals surface area (Å²) in [4.78, 5) is 122. The largest absolute Gasteiger partial charge is 0.495 e. The molecular formula is C52H74ClN9O15. The molecule has 24 nitrogen and oxygen atoms in total. The molecule has 4 aliphatic rings. The molecule has 2 saturated heterocycles. The lowest BCUT2D eigenvalue weighted by molar-refractivity contribution is -0.158. The third kappa shape index (κ3) is 15.5. The van der Waals surface area contributed by atoms with Gasteiger partial charge in [0.05, 0.1) is 25.3 Å². The van der Waals surface area contributed by atoms with Crippen molar-refractivity contribution in [1.82, 2.24) is 36.4 Å². The number of aliphatic hydroxyl groups is 1. The lowest BCUT2D eigenvalue weighted by atomic mass is 9.83. The van der Waals surface area contributed by atoms with E-state index in [9.17, 15) is 48.3 Å². The smallest absolute Gasteiger partial charge is 0.409 e. The van der Waals surface area contributed by atoms with E-state index < -0.39 is 126 Å². The van der Waals surface area contributed by atoms with Crippen LogP contribution < -0.4 is 42.0 Å². The first kappa shape index (κ1) is 61.1. The molecule has 1 aromatic rings. The van der Waals surface area contributed by atoms with Crippen LogP contribution in [0.1, 0.15) is 85.6 Å². The first-order chi connectivity index (χ1) is 36.2. The van der Waals surface area contributed by atoms with Crippen LogP contribution in [-0.2, 0) is 54.1 Å². The number of nitrogens with one attached hydrogen (secondary N) is 5. The summed E-state index contributed by atoms with van der Waals surface area (Å²) in [5, 5.41) is 25.1. The number of carbonyl (C=O) groups is 9. The average molecular weight is 1100 g/mol. The summed E-state index contributed by atoms with van der Waals surface area (Å²) in [7, 11) is 5.66. The summed E-state index contributed by atoms with van der Waals surface area (Å²) in [5.74, 6) is -4.52. The van der Waals surface area contributed by atoms with Crippen molar-refractivity contribution in [2.75, 3.05) is 52.8 Å². The Balaban J connectivity index is 1.34. The minimum atomic E-state index is -1.92. The van der Waals surface area contributed by atoms with Gasteiger partial charge in [-0.3, -0.25) is 34.2 Å². The zero-order chi connectivity index (χ0) is 57.1. The van der Waals surface area contributed by atoms with E-state index in [0.29, 0.717) is 30.7 Å². The standard InChI is InChI=1S/C52H74ClN9O15/c1-28(2)43(46(67)57-33(16-14-21-56-48(54)69)45(66)55-20-11-12-22-62-39(63)18-19-40(62)64)58-49(70)60(7)31(5)47(68)76-38-26-41(65)61(8)34-24-32(25-35(73-9)42(34)53)23-29(3)15-13-17-37(74-10)52(72)27-36(75-50(71)59-52)30(4)44-51(38,6)77-44/h13,15,17-19,24-25,28,30-31,33,36-38,43-44,72H,11-12,14,16,20-23,26-27H2,1-10H3,(H,55,66)(H,57,67)(H,58,70)(H,59,71)(H3,54,56,69)/b17-13+,29-15+/t30?,31-,33-,36?,37?,38?,43-,44?,51?,52?/m0/s1. The van der Waals surface area contributed by atoms with E-state index in [1.54, 1.807) is 52.0 Å². The number of benzene rings is 1. The van der Waals surface area contributed by atoms with Crippen molar-refractivity contribution in [3.63, 3.8) is 0 Å². The summed E-state index contributed by atoms with van der Waals surface area (Å²) in [6.45, 7) is 10.4. The highest BCUT2D eigenvalue weighted by molar-refractivity contribution is 6.35. The van der Waals surface area contributed by atoms with Gasteiger partial charge in [-0.1, -0.05) is 56.2 Å². The Kier molecular flexibility index (Phi) is 21.1. The van der Waals surface area contributed by atoms with Crippen molar-refractivity contribution in [3.8, 4) is 5.75 Å². The van der Waals surface area contributed by atoms with Gasteiger partial charge in [0.2, 0.25) is 17.7 Å². The molecule has 10 atom stereocenters. The molecule has 0 aromatic heterocycles. The van der Waals surface area contributed by atoms with Crippen molar-refractivity contribution >= 4 is 70.9 Å². The average Bonchev–Trinajstić information content (AvgIpc) is 3.97. The third-order valence-corrected chi connectivity index (χ3v) is 14.7. The Hall–Kier alpha value is -6.76. The molecule has 2 fully saturated rings. The van der Waals surface area contributed by atoms with E-state index in [0.717, 1.165) is 20.9 Å². The second-order valence-electron chi connectivity index (χ2n) is 20.3. The van der Waals surface area contributed by atoms with Gasteiger partial charge >= 0.3 is 24.1 Å². The molecule has 25 heteroatoms. The number of methoxy groups -OCH3 is 2. The molecule has 8 N–H and O–H groups in total. The van der Waals surface area contributed by atoms with E-state index in [4.69, 9.17) is 41.0 Å². The van der Waals surface area contributed by atoms with E-state index >= 15 is 0 Å². The molecule has 1 aromatic carbocycles. The number of allylic oxidation sites excluding steroid dienone is 3. The Morgan fingerprint density at radius 3 is 2.31 bits per heavy atom. The number of amides is 10. The van der Waals surface area contributed by atoms with Crippen molar-refractivity contribution < 1.29 is 71.9 Å². The zero-order valence-electron chi connectivity index (χ0n) is 45.3. The van der Waals surface area contributed by atoms with Crippen molar-refractivity contribution in [3.05, 3.63) is 58.7 Å². The van der Waals surface area contributed by atoms with Gasteiger partial charge in [0.1, 0.15) is 52.8 Å². The number of anilines is 1. The maximum absolute atomic E-state index is 14.5. The maximum atomic E-state index is 14.5. The predicted molar refractivity (Wildman–Crippen MR) is 280 cm³/mol. The number of epoxide rings is 1. The van der Waals surface area contributed by atoms with Crippen LogP contribution in [0.4, 0.5) is 20.1 Å². The van der Waals surface area contributed by atoms with Crippen LogP contribution in [0.2, 0.25) is 5.02 Å². The number of ether oxygens (including phenoxy) is 5. The minimum absolute atomic E-state index is 0.0611. The quantitative estimate of drug-likeness (QED) is 0.0453. The normalized spacial score (nSPS) is 26.7. The van der Waals surface area contributed by atoms with Gasteiger partial charge in [-0.05, 0) is 76.5 Å². The van der Waals surface area contributed by atoms with Gasteiger partial charge in [0.15, 0.2) is 5.72 Å². The maximum Gasteiger partial charge on any atom is 0.409 e. The molecule has 7 unspecified atom stereocenters. The van der Waals surface area contributed by atoms with Gasteiger partial charge in [0, 0.05) is 65.3 Å². The number of esters is 1. The van der Waals surface area contributed by atoms with E-state index in [2.05, 4.69) is 26.6 Å². The fourth-order valence-electron chi connectivity index (χ4n) is 9.38. The predicted octanol–water partition coefficient (Wildman–Crippen LogP) is 2.48. The van der Waals surface area contributed by atoms with Gasteiger partial charge in [-0.25, -0.2) is 19.2 Å². The van der Waals surface area contributed by atoms with Crippen molar-refractivity contribution in [2.24, 2.45) is 17.6 Å². The summed E-state index contributed by atoms with van der Waals surface area (Å²) in [5.41, 5.74) is 3.81. The number of imide groups is 1. The minimum Gasteiger partial charge on any atom is -0.495 e. The number of unbranched alkanes of at least 4 members (excludes halogenated alkanes) is 1. The number of rotatable bonds is 19. The lowest BCUT2D eigenvalue weighted by Crippen LogP contribution is -2.63. The van der Waals surface area contributed by atoms with E-state index in [1.807, 2.05) is 13.0 Å². The Morgan fingerprint density at radius 2 is 1.68 bits per heavy atom. The molecule has 0 radical (unpaired) electrons. The fourth-order valence-corrected chi connectivity index (χ4v) is 9.69. The molecule has 0 spiro atoms. The van der Waals surface area contributed by atoms with Crippen LogP contribution in [0.5, 0.6) is 5.75 Å². The highest BCUT2D eigenvalue weighted by atomic mass is 35.5. The summed E-state index contributed by atoms with van der Waals surface area (Å²) >= 11 is 6.83. The van der Waals surface area contributed by atoms with E-state index in [-0.39, 0.29) is 43.9 Å². The number of alkyl carbamates (subject to hydrolysis) is 1. The van der Waals surface area contributed by atoms with Crippen molar-refractivity contribution in [2.45, 2.75) is 140 Å². The molecule has 4 bridgehead atoms. The number of hydrogen-bond acceptors (Lipinski definition) is 15. The first-order valence-electron chi connectivity index (χ1n) is 25.5. The molecule has 0 aliphatic carbocycles. The Morgan fingerprint density at radius 1 is 1.00 bits per heavy atom. The van der Waals surface area contributed by atoms with Crippen LogP contribution in [0, 0.1) is 11.8 Å². The number of hydrogen-bond donors (Lipinski definition) is 7. The van der Waals surface area contributed by atoms with Gasteiger partial charge < -0.3 is 65.6 Å². The second kappa shape index (κ2) is 26.5. The Bertz CT molecular complexity index is 2490. The SMILES string of the molecule is COc1cc2cc(c1Cl)N(C)C(=O)CC(OC(=O)[C@H](C)N(C)C(=O)N[C@H](C(=O)N[C@@H](CCCNC(N)=O)C(=O)NCCCCN1C(=O)C=CC1=O)C(C)C)C1(C)OC1C(C)C1CC(O)(NC(=O)O1)C(OC)/C=C/C=C(\C)C2. The number of nitrogens with two attached hydrogens (primary N) is 1. The molecule has 4 aliphatic heterocycles. The van der Waals surface area contributed by atoms with Gasteiger partial charge in [0.25, 0.3) is 11.8 Å². The van der Waals surface area contributed by atoms with Gasteiger partial charge in [-0.2, -0.15) is 0 Å². The van der Waals surface area contributed by atoms with Crippen LogP contribution in [0.3, 0.4) is 0 Å². The molecule has 4 heterocycles. The number of fused-ring (bicyclic) bond motifs is 5. The number of likely N-dealkylation sites (N-methyl/N-ethyl adjacent to an activating group) is 1. The molecule has 10 amide bonds. The molecule has 424 valence electrons. The van der Waals surface area contributed by atoms with Gasteiger partial charge in [-0.15, -0.1) is 0 Å². The number of carbonyl (C=O) groups excluding carboxylic acids is 9. The van der Waals surface area contributed by atoms with Crippen LogP contribution >= 0.6 is 11.6 Å². The number of primary amides is 1. The Labute approximate surface area is 453 Å². The summed E-state index contributed by atoms with van der Waals surface area (Å²) < 4.78 is 29.4. The molecule has 77 heavy (non-hydrogen) atoms. The third-order valence-electron chi connectivity index (χ3n) is 14.3. The summed E-state index contributed by atoms with van der Waals surface area (Å²) in [6.07, 6.45) is 3.37. The molecular weight excluding hydrogens is 1030 g/mol. The topological polar surface area (TPSA) is 319 Å². The fraction of sp³-hybridized carbons (Fsp3) is 0.596. The monoisotopic (exact) mass is 1100 g/mol.